The van der Waals surface area contributed by atoms with E-state index >= 15 is 0 Å². The summed E-state index contributed by atoms with van der Waals surface area (Å²) in [5.41, 5.74) is 1.32. The fraction of sp³-hybridized carbons (Fsp3) is 0.462. The van der Waals surface area contributed by atoms with E-state index in [-0.39, 0.29) is 18.3 Å². The molecular formula is C13H19ClN2O. The van der Waals surface area contributed by atoms with Crippen molar-refractivity contribution in [1.29, 1.82) is 0 Å². The van der Waals surface area contributed by atoms with Crippen LogP contribution in [0.15, 0.2) is 30.3 Å². The minimum Gasteiger partial charge on any atom is -0.340 e. The third kappa shape index (κ3) is 4.02. The van der Waals surface area contributed by atoms with E-state index in [4.69, 9.17) is 0 Å². The molecule has 17 heavy (non-hydrogen) atoms. The number of nitrogens with zero attached hydrogens (tertiary/aromatic N) is 1. The van der Waals surface area contributed by atoms with Gasteiger partial charge in [-0.2, -0.15) is 0 Å². The van der Waals surface area contributed by atoms with Crippen LogP contribution in [0.3, 0.4) is 0 Å². The van der Waals surface area contributed by atoms with Gasteiger partial charge in [-0.25, -0.2) is 0 Å². The van der Waals surface area contributed by atoms with Crippen LogP contribution in [-0.2, 0) is 11.2 Å². The molecule has 1 atom stereocenters. The topological polar surface area (TPSA) is 32.3 Å². The van der Waals surface area contributed by atoms with Crippen molar-refractivity contribution < 1.29 is 4.79 Å². The van der Waals surface area contributed by atoms with E-state index in [1.165, 1.54) is 5.56 Å². The zero-order valence-electron chi connectivity index (χ0n) is 10.1. The number of nitrogens with one attached hydrogen (secondary N) is 1. The molecule has 1 amide bonds. The predicted octanol–water partition coefficient (Wildman–Crippen LogP) is 1.47. The van der Waals surface area contributed by atoms with Gasteiger partial charge < -0.3 is 10.2 Å². The number of hydrogen-bond acceptors (Lipinski definition) is 2. The molecule has 2 rings (SSSR count). The second-order valence-corrected chi connectivity index (χ2v) is 4.31. The molecule has 1 aliphatic rings. The van der Waals surface area contributed by atoms with Crippen LogP contribution in [0, 0.1) is 0 Å². The number of benzene rings is 1. The number of amides is 1. The average molecular weight is 255 g/mol. The van der Waals surface area contributed by atoms with Crippen molar-refractivity contribution in [2.24, 2.45) is 0 Å². The van der Waals surface area contributed by atoms with E-state index in [9.17, 15) is 4.79 Å². The molecule has 1 N–H and O–H groups in total. The van der Waals surface area contributed by atoms with E-state index in [0.29, 0.717) is 6.04 Å². The lowest BCUT2D eigenvalue weighted by atomic mass is 10.0. The highest BCUT2D eigenvalue weighted by Crippen LogP contribution is 2.07. The standard InChI is InChI=1S/C13H18N2O.ClH/c1-11(16)15-8-7-14-13(10-15)9-12-5-3-2-4-6-12;/h2-6,13-14H,7-10H2,1H3;1H. The Morgan fingerprint density at radius 1 is 1.41 bits per heavy atom. The molecule has 0 saturated carbocycles. The Morgan fingerprint density at radius 2 is 2.12 bits per heavy atom. The Balaban J connectivity index is 0.00000144. The Bertz CT molecular complexity index is 356. The highest BCUT2D eigenvalue weighted by molar-refractivity contribution is 5.85. The maximum Gasteiger partial charge on any atom is 0.219 e. The lowest BCUT2D eigenvalue weighted by Crippen LogP contribution is -2.52. The fourth-order valence-electron chi connectivity index (χ4n) is 2.15. The van der Waals surface area contributed by atoms with Crippen molar-refractivity contribution in [3.63, 3.8) is 0 Å². The molecule has 1 fully saturated rings. The van der Waals surface area contributed by atoms with E-state index < -0.39 is 0 Å². The summed E-state index contributed by atoms with van der Waals surface area (Å²) in [7, 11) is 0. The molecule has 1 unspecified atom stereocenters. The number of hydrogen-bond donors (Lipinski definition) is 1. The molecule has 0 spiro atoms. The van der Waals surface area contributed by atoms with Gasteiger partial charge in [0.1, 0.15) is 0 Å². The first-order valence-electron chi connectivity index (χ1n) is 5.78. The minimum atomic E-state index is 0. The first-order valence-corrected chi connectivity index (χ1v) is 5.78. The molecular weight excluding hydrogens is 236 g/mol. The van der Waals surface area contributed by atoms with Gasteiger partial charge in [0.2, 0.25) is 5.91 Å². The van der Waals surface area contributed by atoms with Crippen molar-refractivity contribution in [3.8, 4) is 0 Å². The summed E-state index contributed by atoms with van der Waals surface area (Å²) in [6, 6.07) is 10.8. The summed E-state index contributed by atoms with van der Waals surface area (Å²) in [4.78, 5) is 13.2. The number of carbonyl (C=O) groups is 1. The second kappa shape index (κ2) is 6.62. The molecule has 1 aliphatic heterocycles. The SMILES string of the molecule is CC(=O)N1CCNC(Cc2ccccc2)C1.Cl. The smallest absolute Gasteiger partial charge is 0.219 e. The predicted molar refractivity (Wildman–Crippen MR) is 71.4 cm³/mol. The first kappa shape index (κ1) is 14.0. The lowest BCUT2D eigenvalue weighted by molar-refractivity contribution is -0.130. The highest BCUT2D eigenvalue weighted by Gasteiger charge is 2.20. The molecule has 94 valence electrons. The summed E-state index contributed by atoms with van der Waals surface area (Å²) >= 11 is 0. The Labute approximate surface area is 109 Å². The number of carbonyl (C=O) groups excluding carboxylic acids is 1. The van der Waals surface area contributed by atoms with Crippen molar-refractivity contribution in [2.45, 2.75) is 19.4 Å². The largest absolute Gasteiger partial charge is 0.340 e. The van der Waals surface area contributed by atoms with Crippen LogP contribution in [0.5, 0.6) is 0 Å². The normalized spacial score (nSPS) is 19.6. The van der Waals surface area contributed by atoms with Crippen LogP contribution in [0.1, 0.15) is 12.5 Å². The van der Waals surface area contributed by atoms with Crippen molar-refractivity contribution >= 4 is 18.3 Å². The quantitative estimate of drug-likeness (QED) is 0.867. The Kier molecular flexibility index (Phi) is 5.45. The molecule has 0 radical (unpaired) electrons. The molecule has 0 aromatic heterocycles. The van der Waals surface area contributed by atoms with Crippen molar-refractivity contribution in [2.75, 3.05) is 19.6 Å². The monoisotopic (exact) mass is 254 g/mol. The van der Waals surface area contributed by atoms with Crippen LogP contribution in [0.2, 0.25) is 0 Å². The first-order chi connectivity index (χ1) is 7.75. The third-order valence-electron chi connectivity index (χ3n) is 3.03. The van der Waals surface area contributed by atoms with Gasteiger partial charge in [0.15, 0.2) is 0 Å². The number of rotatable bonds is 2. The highest BCUT2D eigenvalue weighted by atomic mass is 35.5. The van der Waals surface area contributed by atoms with Gasteiger partial charge in [0, 0.05) is 32.6 Å². The minimum absolute atomic E-state index is 0. The van der Waals surface area contributed by atoms with Gasteiger partial charge in [-0.1, -0.05) is 30.3 Å². The molecule has 0 aliphatic carbocycles. The van der Waals surface area contributed by atoms with Crippen LogP contribution in [0.25, 0.3) is 0 Å². The molecule has 4 heteroatoms. The molecule has 1 saturated heterocycles. The van der Waals surface area contributed by atoms with Crippen LogP contribution >= 0.6 is 12.4 Å². The van der Waals surface area contributed by atoms with Crippen LogP contribution < -0.4 is 5.32 Å². The number of halogens is 1. The van der Waals surface area contributed by atoms with Gasteiger partial charge >= 0.3 is 0 Å². The third-order valence-corrected chi connectivity index (χ3v) is 3.03. The summed E-state index contributed by atoms with van der Waals surface area (Å²) < 4.78 is 0. The van der Waals surface area contributed by atoms with Gasteiger partial charge in [0.05, 0.1) is 0 Å². The molecule has 1 aromatic rings. The molecule has 1 heterocycles. The Hall–Kier alpha value is -1.06. The van der Waals surface area contributed by atoms with Gasteiger partial charge in [0.25, 0.3) is 0 Å². The van der Waals surface area contributed by atoms with E-state index in [0.717, 1.165) is 26.1 Å². The van der Waals surface area contributed by atoms with Crippen molar-refractivity contribution in [3.05, 3.63) is 35.9 Å². The summed E-state index contributed by atoms with van der Waals surface area (Å²) in [5, 5.41) is 3.46. The van der Waals surface area contributed by atoms with Gasteiger partial charge in [-0.15, -0.1) is 12.4 Å². The maximum atomic E-state index is 11.3. The molecule has 1 aromatic carbocycles. The van der Waals surface area contributed by atoms with E-state index in [1.807, 2.05) is 11.0 Å². The Morgan fingerprint density at radius 3 is 2.76 bits per heavy atom. The van der Waals surface area contributed by atoms with Gasteiger partial charge in [-0.05, 0) is 12.0 Å². The summed E-state index contributed by atoms with van der Waals surface area (Å²) in [6.45, 7) is 4.20. The lowest BCUT2D eigenvalue weighted by Gasteiger charge is -2.33. The zero-order valence-corrected chi connectivity index (χ0v) is 10.9. The molecule has 0 bridgehead atoms. The van der Waals surface area contributed by atoms with E-state index in [2.05, 4.69) is 29.6 Å². The van der Waals surface area contributed by atoms with Crippen molar-refractivity contribution in [1.82, 2.24) is 10.2 Å². The van der Waals surface area contributed by atoms with Crippen LogP contribution in [0.4, 0.5) is 0 Å². The van der Waals surface area contributed by atoms with Crippen LogP contribution in [-0.4, -0.2) is 36.5 Å². The van der Waals surface area contributed by atoms with Gasteiger partial charge in [-0.3, -0.25) is 4.79 Å². The number of piperazine rings is 1. The zero-order chi connectivity index (χ0) is 11.4. The molecule has 3 nitrogen and oxygen atoms in total. The summed E-state index contributed by atoms with van der Waals surface area (Å²) in [6.07, 6.45) is 0.991. The second-order valence-electron chi connectivity index (χ2n) is 4.31. The fourth-order valence-corrected chi connectivity index (χ4v) is 2.15. The summed E-state index contributed by atoms with van der Waals surface area (Å²) in [5.74, 6) is 0.180. The average Bonchev–Trinajstić information content (AvgIpc) is 2.30. The van der Waals surface area contributed by atoms with E-state index in [1.54, 1.807) is 6.92 Å². The maximum absolute atomic E-state index is 11.3.